The van der Waals surface area contributed by atoms with Crippen LogP contribution in [0.5, 0.6) is 0 Å². The van der Waals surface area contributed by atoms with Gasteiger partial charge in [-0.15, -0.1) is 0 Å². The zero-order chi connectivity index (χ0) is 12.6. The number of hydrogen-bond donors (Lipinski definition) is 0. The number of hydrogen-bond acceptors (Lipinski definition) is 1. The second-order valence-electron chi connectivity index (χ2n) is 3.03. The summed E-state index contributed by atoms with van der Waals surface area (Å²) < 4.78 is 65.9. The lowest BCUT2D eigenvalue weighted by atomic mass is 10.3. The zero-order valence-electron chi connectivity index (χ0n) is 8.16. The molecular formula is C8H6ClF5NP. The summed E-state index contributed by atoms with van der Waals surface area (Å²) in [6, 6.07) is 0. The molecular weight excluding hydrogens is 272 g/mol. The van der Waals surface area contributed by atoms with Crippen molar-refractivity contribution in [1.29, 1.82) is 0 Å². The van der Waals surface area contributed by atoms with Crippen LogP contribution < -0.4 is 5.30 Å². The van der Waals surface area contributed by atoms with E-state index in [1.54, 1.807) is 0 Å². The highest BCUT2D eigenvalue weighted by molar-refractivity contribution is 7.88. The summed E-state index contributed by atoms with van der Waals surface area (Å²) in [5.41, 5.74) is 0. The minimum atomic E-state index is -2.18. The molecule has 0 aliphatic heterocycles. The van der Waals surface area contributed by atoms with Crippen LogP contribution in [-0.4, -0.2) is 18.8 Å². The maximum absolute atomic E-state index is 13.2. The number of nitrogens with zero attached hydrogens (tertiary/aromatic N) is 1. The van der Waals surface area contributed by atoms with Gasteiger partial charge in [-0.05, 0) is 14.1 Å². The molecule has 0 fully saturated rings. The van der Waals surface area contributed by atoms with E-state index in [0.29, 0.717) is 0 Å². The Morgan fingerprint density at radius 2 is 1.12 bits per heavy atom. The van der Waals surface area contributed by atoms with E-state index in [4.69, 9.17) is 11.2 Å². The summed E-state index contributed by atoms with van der Waals surface area (Å²) in [5.74, 6) is -9.91. The average molecular weight is 278 g/mol. The molecule has 90 valence electrons. The van der Waals surface area contributed by atoms with Crippen molar-refractivity contribution >= 4 is 24.0 Å². The van der Waals surface area contributed by atoms with Gasteiger partial charge in [-0.1, -0.05) is 11.2 Å². The highest BCUT2D eigenvalue weighted by Gasteiger charge is 2.30. The molecule has 1 unspecified atom stereocenters. The van der Waals surface area contributed by atoms with Gasteiger partial charge in [-0.3, -0.25) is 4.67 Å². The maximum atomic E-state index is 13.2. The molecule has 0 bridgehead atoms. The molecule has 1 aromatic rings. The van der Waals surface area contributed by atoms with Crippen LogP contribution in [0.4, 0.5) is 22.0 Å². The van der Waals surface area contributed by atoms with Crippen molar-refractivity contribution < 1.29 is 22.0 Å². The first kappa shape index (κ1) is 13.6. The van der Waals surface area contributed by atoms with Gasteiger partial charge in [0.25, 0.3) is 0 Å². The molecule has 0 amide bonds. The molecule has 0 radical (unpaired) electrons. The lowest BCUT2D eigenvalue weighted by molar-refractivity contribution is 0.384. The fourth-order valence-corrected chi connectivity index (χ4v) is 2.32. The Bertz CT molecular complexity index is 396. The van der Waals surface area contributed by atoms with Crippen LogP contribution in [0.2, 0.25) is 0 Å². The Kier molecular flexibility index (Phi) is 4.10. The third kappa shape index (κ3) is 2.14. The zero-order valence-corrected chi connectivity index (χ0v) is 9.81. The summed E-state index contributed by atoms with van der Waals surface area (Å²) in [7, 11) is 0.631. The van der Waals surface area contributed by atoms with Gasteiger partial charge in [0.15, 0.2) is 23.3 Å². The van der Waals surface area contributed by atoms with E-state index in [9.17, 15) is 22.0 Å². The summed E-state index contributed by atoms with van der Waals surface area (Å²) >= 11 is 5.60. The van der Waals surface area contributed by atoms with Gasteiger partial charge in [0.2, 0.25) is 5.82 Å². The first-order valence-electron chi connectivity index (χ1n) is 3.93. The lowest BCUT2D eigenvalue weighted by Gasteiger charge is -2.19. The largest absolute Gasteiger partial charge is 0.272 e. The molecule has 1 atom stereocenters. The first-order chi connectivity index (χ1) is 7.29. The van der Waals surface area contributed by atoms with Crippen molar-refractivity contribution in [3.8, 4) is 0 Å². The minimum Gasteiger partial charge on any atom is -0.272 e. The predicted molar refractivity (Wildman–Crippen MR) is 52.3 cm³/mol. The molecule has 0 N–H and O–H groups in total. The van der Waals surface area contributed by atoms with E-state index in [-0.39, 0.29) is 0 Å². The van der Waals surface area contributed by atoms with Crippen molar-refractivity contribution in [2.24, 2.45) is 0 Å². The molecule has 1 rings (SSSR count). The van der Waals surface area contributed by atoms with E-state index < -0.39 is 41.8 Å². The van der Waals surface area contributed by atoms with Crippen molar-refractivity contribution in [2.75, 3.05) is 14.1 Å². The number of rotatable bonds is 2. The van der Waals surface area contributed by atoms with Crippen LogP contribution in [0.15, 0.2) is 0 Å². The van der Waals surface area contributed by atoms with Crippen LogP contribution in [0.1, 0.15) is 0 Å². The van der Waals surface area contributed by atoms with Gasteiger partial charge >= 0.3 is 0 Å². The highest BCUT2D eigenvalue weighted by atomic mass is 35.7. The summed E-state index contributed by atoms with van der Waals surface area (Å²) in [5, 5.41) is -0.988. The van der Waals surface area contributed by atoms with E-state index in [0.717, 1.165) is 0 Å². The summed E-state index contributed by atoms with van der Waals surface area (Å²) in [6.45, 7) is 0. The monoisotopic (exact) mass is 277 g/mol. The van der Waals surface area contributed by atoms with E-state index in [2.05, 4.69) is 0 Å². The Hall–Kier alpha value is -0.450. The molecule has 16 heavy (non-hydrogen) atoms. The third-order valence-electron chi connectivity index (χ3n) is 1.72. The summed E-state index contributed by atoms with van der Waals surface area (Å²) in [4.78, 5) is 0. The predicted octanol–water partition coefficient (Wildman–Crippen LogP) is 3.12. The SMILES string of the molecule is CN(C)P(Cl)c1c(F)c(F)c(F)c(F)c1F. The quantitative estimate of drug-likeness (QED) is 0.347. The van der Waals surface area contributed by atoms with E-state index >= 15 is 0 Å². The van der Waals surface area contributed by atoms with E-state index in [1.165, 1.54) is 18.8 Å². The molecule has 0 saturated carbocycles. The topological polar surface area (TPSA) is 3.24 Å². The normalized spacial score (nSPS) is 13.3. The molecule has 0 heterocycles. The van der Waals surface area contributed by atoms with Gasteiger partial charge in [-0.25, -0.2) is 22.0 Å². The molecule has 0 spiro atoms. The Morgan fingerprint density at radius 1 is 0.812 bits per heavy atom. The van der Waals surface area contributed by atoms with Crippen molar-refractivity contribution in [2.45, 2.75) is 0 Å². The summed E-state index contributed by atoms with van der Waals surface area (Å²) in [6.07, 6.45) is 0. The molecule has 0 aromatic heterocycles. The number of benzene rings is 1. The van der Waals surface area contributed by atoms with Crippen LogP contribution in [0.3, 0.4) is 0 Å². The van der Waals surface area contributed by atoms with Gasteiger partial charge in [0, 0.05) is 0 Å². The van der Waals surface area contributed by atoms with Gasteiger partial charge < -0.3 is 0 Å². The van der Waals surface area contributed by atoms with Crippen molar-refractivity contribution in [3.63, 3.8) is 0 Å². The van der Waals surface area contributed by atoms with Crippen molar-refractivity contribution in [3.05, 3.63) is 29.1 Å². The number of halogens is 6. The third-order valence-corrected chi connectivity index (χ3v) is 4.60. The van der Waals surface area contributed by atoms with Crippen molar-refractivity contribution in [1.82, 2.24) is 4.67 Å². The second-order valence-corrected chi connectivity index (χ2v) is 5.75. The van der Waals surface area contributed by atoms with E-state index in [1.807, 2.05) is 0 Å². The molecule has 1 aromatic carbocycles. The molecule has 0 aliphatic rings. The molecule has 8 heteroatoms. The molecule has 1 nitrogen and oxygen atoms in total. The Balaban J connectivity index is 3.51. The fraction of sp³-hybridized carbons (Fsp3) is 0.250. The van der Waals surface area contributed by atoms with Crippen LogP contribution in [0, 0.1) is 29.1 Å². The van der Waals surface area contributed by atoms with Crippen LogP contribution >= 0.6 is 18.7 Å². The molecule has 0 saturated heterocycles. The first-order valence-corrected chi connectivity index (χ1v) is 6.13. The Morgan fingerprint density at radius 3 is 1.44 bits per heavy atom. The van der Waals surface area contributed by atoms with Gasteiger partial charge in [0.1, 0.15) is 7.43 Å². The minimum absolute atomic E-state index is 0.988. The smallest absolute Gasteiger partial charge is 0.200 e. The van der Waals surface area contributed by atoms with Gasteiger partial charge in [0.05, 0.1) is 5.30 Å². The average Bonchev–Trinajstić information content (AvgIpc) is 2.23. The maximum Gasteiger partial charge on any atom is 0.200 e. The molecule has 0 aliphatic carbocycles. The second kappa shape index (κ2) is 4.82. The fourth-order valence-electron chi connectivity index (χ4n) is 0.955. The highest BCUT2D eigenvalue weighted by Crippen LogP contribution is 2.44. The van der Waals surface area contributed by atoms with Gasteiger partial charge in [-0.2, -0.15) is 0 Å². The standard InChI is InChI=1S/C8H6ClF5NP/c1-15(2)16(9)8-6(13)4(11)3(10)5(12)7(8)14/h1-2H3. The van der Waals surface area contributed by atoms with Crippen LogP contribution in [0.25, 0.3) is 0 Å². The lowest BCUT2D eigenvalue weighted by Crippen LogP contribution is -2.22. The van der Waals surface area contributed by atoms with Crippen LogP contribution in [-0.2, 0) is 0 Å². The Labute approximate surface area is 94.4 Å².